The molecule has 9 atom stereocenters. The van der Waals surface area contributed by atoms with E-state index < -0.39 is 164 Å². The van der Waals surface area contributed by atoms with Gasteiger partial charge in [-0.1, -0.05) is 90.2 Å². The molecule has 2 saturated heterocycles. The first-order valence-corrected chi connectivity index (χ1v) is 26.4. The monoisotopic (exact) mass is 1090 g/mol. The van der Waals surface area contributed by atoms with Crippen molar-refractivity contribution in [3.8, 4) is 5.75 Å². The van der Waals surface area contributed by atoms with Crippen LogP contribution in [0, 0.1) is 5.92 Å². The van der Waals surface area contributed by atoms with E-state index in [-0.39, 0.29) is 38.0 Å². The number of carbonyl (C=O) groups is 12. The summed E-state index contributed by atoms with van der Waals surface area (Å²) in [7, 11) is 0. The number of phenols is 1. The van der Waals surface area contributed by atoms with Crippen LogP contribution in [-0.2, 0) is 64.0 Å². The van der Waals surface area contributed by atoms with E-state index in [1.54, 1.807) is 0 Å². The number of nitrogens with zero attached hydrogens (tertiary/aromatic N) is 1. The standard InChI is InChI=1S/C51H79N11O15/c1-3-29(2)13-10-8-6-4-5-7-9-11-14-31-24-43(68)56-37(27-44(69)70)48(74)58-34(23-30-16-18-32(64)19-17-30)45(71)59-35(25-41(53)66)46(72)57-33(20-21-40(52)65)51(77)62-22-12-15-39(62)50(76)60-36(26-42(54)67)47(73)61-38(28-63)49(75)55-31/h16-19,29,31,33-39,63-64H,3-15,20-28H2,1-2H3,(H2,52,65)(H2,53,66)(H2,54,67)(H,55,75)(H,56,68)(H,57,72)(H,58,74)(H,59,71)(H,60,76)(H,61,73)(H,69,70)/t29?,31-,33-,34-,35-,36-,37-,38-,39-/m0/s1. The van der Waals surface area contributed by atoms with E-state index in [0.29, 0.717) is 24.3 Å². The summed E-state index contributed by atoms with van der Waals surface area (Å²) in [5.41, 5.74) is 16.6. The van der Waals surface area contributed by atoms with Crippen molar-refractivity contribution in [2.24, 2.45) is 23.1 Å². The molecule has 1 aromatic rings. The van der Waals surface area contributed by atoms with Crippen LogP contribution < -0.4 is 54.4 Å². The highest BCUT2D eigenvalue weighted by Gasteiger charge is 2.41. The first-order chi connectivity index (χ1) is 36.5. The van der Waals surface area contributed by atoms with Gasteiger partial charge in [-0.3, -0.25) is 57.5 Å². The molecule has 77 heavy (non-hydrogen) atoms. The Kier molecular flexibility index (Phi) is 27.3. The van der Waals surface area contributed by atoms with Gasteiger partial charge in [0, 0.05) is 31.8 Å². The zero-order valence-corrected chi connectivity index (χ0v) is 44.0. The zero-order chi connectivity index (χ0) is 57.2. The second kappa shape index (κ2) is 32.9. The number of hydrogen-bond acceptors (Lipinski definition) is 14. The molecule has 26 heteroatoms. The number of aliphatic carboxylic acids is 1. The van der Waals surface area contributed by atoms with Gasteiger partial charge in [0.15, 0.2) is 0 Å². The van der Waals surface area contributed by atoms with Gasteiger partial charge < -0.3 is 74.6 Å². The molecule has 0 saturated carbocycles. The predicted molar refractivity (Wildman–Crippen MR) is 276 cm³/mol. The van der Waals surface area contributed by atoms with Crippen LogP contribution in [0.2, 0.25) is 0 Å². The molecule has 0 aliphatic carbocycles. The van der Waals surface area contributed by atoms with Crippen molar-refractivity contribution < 1.29 is 72.9 Å². The lowest BCUT2D eigenvalue weighted by molar-refractivity contribution is -0.143. The molecule has 1 aromatic carbocycles. The number of benzene rings is 1. The quantitative estimate of drug-likeness (QED) is 0.0506. The number of primary amides is 3. The van der Waals surface area contributed by atoms with Gasteiger partial charge in [-0.15, -0.1) is 0 Å². The van der Waals surface area contributed by atoms with E-state index in [1.807, 2.05) is 0 Å². The summed E-state index contributed by atoms with van der Waals surface area (Å²) in [6.07, 6.45) is 5.34. The fraction of sp³-hybridized carbons (Fsp3) is 0.647. The number of hydrogen-bond donors (Lipinski definition) is 13. The molecule has 0 spiro atoms. The molecule has 16 N–H and O–H groups in total. The Balaban J connectivity index is 2.09. The Morgan fingerprint density at radius 1 is 0.610 bits per heavy atom. The predicted octanol–water partition coefficient (Wildman–Crippen LogP) is -1.85. The summed E-state index contributed by atoms with van der Waals surface area (Å²) in [4.78, 5) is 162. The van der Waals surface area contributed by atoms with Gasteiger partial charge in [0.1, 0.15) is 48.0 Å². The van der Waals surface area contributed by atoms with Gasteiger partial charge in [0.25, 0.3) is 0 Å². The summed E-state index contributed by atoms with van der Waals surface area (Å²) >= 11 is 0. The van der Waals surface area contributed by atoms with Crippen molar-refractivity contribution in [3.63, 3.8) is 0 Å². The van der Waals surface area contributed by atoms with Crippen molar-refractivity contribution in [1.29, 1.82) is 0 Å². The summed E-state index contributed by atoms with van der Waals surface area (Å²) in [5.74, 6) is -12.7. The molecule has 0 aromatic heterocycles. The molecule has 3 rings (SSSR count). The summed E-state index contributed by atoms with van der Waals surface area (Å²) in [5, 5.41) is 47.0. The Bertz CT molecular complexity index is 2230. The molecule has 0 bridgehead atoms. The lowest BCUT2D eigenvalue weighted by atomic mass is 9.99. The third-order valence-electron chi connectivity index (χ3n) is 13.5. The molecule has 2 aliphatic heterocycles. The number of nitrogens with one attached hydrogen (secondary N) is 7. The Labute approximate surface area is 447 Å². The number of carboxylic acids is 1. The van der Waals surface area contributed by atoms with E-state index in [1.165, 1.54) is 30.7 Å². The highest BCUT2D eigenvalue weighted by atomic mass is 16.4. The number of aliphatic hydroxyl groups excluding tert-OH is 1. The van der Waals surface area contributed by atoms with Gasteiger partial charge in [-0.25, -0.2) is 0 Å². The molecule has 2 fully saturated rings. The Morgan fingerprint density at radius 2 is 1.10 bits per heavy atom. The molecule has 26 nitrogen and oxygen atoms in total. The van der Waals surface area contributed by atoms with Crippen LogP contribution >= 0.6 is 0 Å². The third kappa shape index (κ3) is 23.2. The number of rotatable bonds is 24. The van der Waals surface area contributed by atoms with Crippen LogP contribution in [0.3, 0.4) is 0 Å². The number of carbonyl (C=O) groups excluding carboxylic acids is 11. The number of aliphatic hydroxyl groups is 1. The van der Waals surface area contributed by atoms with Crippen molar-refractivity contribution in [2.45, 2.75) is 191 Å². The number of fused-ring (bicyclic) bond motifs is 1. The summed E-state index contributed by atoms with van der Waals surface area (Å²) in [6.45, 7) is 3.29. The van der Waals surface area contributed by atoms with E-state index >= 15 is 0 Å². The molecule has 2 aliphatic rings. The SMILES string of the molecule is CCC(C)CCCCCCCCCC[C@H]1CC(=O)N[C@@H](CC(=O)O)C(=O)N[C@@H](Cc2ccc(O)cc2)C(=O)N[C@@H](CC(N)=O)C(=O)N[C@@H](CCC(N)=O)C(=O)N2CCC[C@H]2C(=O)N[C@@H](CC(N)=O)C(=O)N[C@@H](CO)C(=O)N1. The van der Waals surface area contributed by atoms with Gasteiger partial charge in [0.05, 0.1) is 25.9 Å². The maximum atomic E-state index is 14.3. The lowest BCUT2D eigenvalue weighted by Gasteiger charge is -2.31. The van der Waals surface area contributed by atoms with Crippen molar-refractivity contribution in [1.82, 2.24) is 42.1 Å². The maximum absolute atomic E-state index is 14.3. The Hall–Kier alpha value is -7.38. The van der Waals surface area contributed by atoms with Gasteiger partial charge in [-0.05, 0) is 49.3 Å². The second-order valence-corrected chi connectivity index (χ2v) is 19.9. The number of amides is 11. The number of phenolic OH excluding ortho intramolecular Hbond substituents is 1. The number of carboxylic acid groups (broad SMARTS) is 1. The van der Waals surface area contributed by atoms with E-state index in [2.05, 4.69) is 51.1 Å². The summed E-state index contributed by atoms with van der Waals surface area (Å²) < 4.78 is 0. The van der Waals surface area contributed by atoms with Crippen LogP contribution in [0.15, 0.2) is 24.3 Å². The second-order valence-electron chi connectivity index (χ2n) is 19.9. The molecule has 2 heterocycles. The number of unbranched alkanes of at least 4 members (excludes halogenated alkanes) is 7. The zero-order valence-electron chi connectivity index (χ0n) is 44.0. The van der Waals surface area contributed by atoms with Crippen molar-refractivity contribution >= 4 is 70.9 Å². The minimum atomic E-state index is -1.88. The normalized spacial score (nSPS) is 24.0. The van der Waals surface area contributed by atoms with Gasteiger partial charge in [-0.2, -0.15) is 0 Å². The molecule has 1 unspecified atom stereocenters. The molecular formula is C51H79N11O15. The van der Waals surface area contributed by atoms with Crippen LogP contribution in [0.5, 0.6) is 5.75 Å². The van der Waals surface area contributed by atoms with Gasteiger partial charge >= 0.3 is 5.97 Å². The minimum absolute atomic E-state index is 0.00402. The first kappa shape index (κ1) is 63.9. The van der Waals surface area contributed by atoms with Crippen LogP contribution in [-0.4, -0.2) is 153 Å². The fourth-order valence-electron chi connectivity index (χ4n) is 9.03. The fourth-order valence-corrected chi connectivity index (χ4v) is 9.03. The van der Waals surface area contributed by atoms with Crippen LogP contribution in [0.25, 0.3) is 0 Å². The highest BCUT2D eigenvalue weighted by Crippen LogP contribution is 2.21. The molecule has 11 amide bonds. The largest absolute Gasteiger partial charge is 0.508 e. The lowest BCUT2D eigenvalue weighted by Crippen LogP contribution is -2.60. The highest BCUT2D eigenvalue weighted by molar-refractivity contribution is 6.00. The van der Waals surface area contributed by atoms with Crippen LogP contribution in [0.4, 0.5) is 0 Å². The molecule has 0 radical (unpaired) electrons. The number of aromatic hydroxyl groups is 1. The van der Waals surface area contributed by atoms with Crippen LogP contribution in [0.1, 0.15) is 141 Å². The smallest absolute Gasteiger partial charge is 0.305 e. The van der Waals surface area contributed by atoms with E-state index in [0.717, 1.165) is 49.8 Å². The topological polar surface area (TPSA) is 431 Å². The third-order valence-corrected chi connectivity index (χ3v) is 13.5. The average Bonchev–Trinajstić information content (AvgIpc) is 3.86. The van der Waals surface area contributed by atoms with Gasteiger partial charge in [0.2, 0.25) is 65.0 Å². The van der Waals surface area contributed by atoms with E-state index in [4.69, 9.17) is 17.2 Å². The van der Waals surface area contributed by atoms with E-state index in [9.17, 15) is 72.9 Å². The maximum Gasteiger partial charge on any atom is 0.305 e. The van der Waals surface area contributed by atoms with Crippen molar-refractivity contribution in [2.75, 3.05) is 13.2 Å². The molecule has 428 valence electrons. The minimum Gasteiger partial charge on any atom is -0.508 e. The molecular weight excluding hydrogens is 1010 g/mol. The summed E-state index contributed by atoms with van der Waals surface area (Å²) in [6, 6.07) is -7.69. The Morgan fingerprint density at radius 3 is 1.65 bits per heavy atom. The van der Waals surface area contributed by atoms with Crippen molar-refractivity contribution in [3.05, 3.63) is 29.8 Å². The first-order valence-electron chi connectivity index (χ1n) is 26.4. The average molecular weight is 1090 g/mol. The number of nitrogens with two attached hydrogens (primary N) is 3.